The number of nitrogens with zero attached hydrogens (tertiary/aromatic N) is 3. The summed E-state index contributed by atoms with van der Waals surface area (Å²) in [6, 6.07) is 9.59. The predicted octanol–water partition coefficient (Wildman–Crippen LogP) is 3.72. The highest BCUT2D eigenvalue weighted by Crippen LogP contribution is 2.19. The second kappa shape index (κ2) is 9.37. The van der Waals surface area contributed by atoms with Gasteiger partial charge in [0.25, 0.3) is 0 Å². The third kappa shape index (κ3) is 5.44. The van der Waals surface area contributed by atoms with Gasteiger partial charge in [-0.3, -0.25) is 4.79 Å². The van der Waals surface area contributed by atoms with E-state index in [4.69, 9.17) is 4.74 Å². The molecule has 0 aliphatic rings. The molecule has 3 aromatic rings. The number of oxime groups is 1. The van der Waals surface area contributed by atoms with Crippen LogP contribution < -0.4 is 4.74 Å². The van der Waals surface area contributed by atoms with Gasteiger partial charge < -0.3 is 9.94 Å². The Balaban J connectivity index is 1.66. The zero-order valence-electron chi connectivity index (χ0n) is 14.8. The molecule has 0 saturated heterocycles. The molecule has 1 N–H and O–H groups in total. The van der Waals surface area contributed by atoms with Crippen LogP contribution in [0.2, 0.25) is 0 Å². The molecule has 0 saturated carbocycles. The number of hydrogen-bond donors (Lipinski definition) is 1. The summed E-state index contributed by atoms with van der Waals surface area (Å²) in [7, 11) is 0. The average molecular weight is 466 g/mol. The monoisotopic (exact) mass is 465 g/mol. The van der Waals surface area contributed by atoms with Crippen molar-refractivity contribution in [3.8, 4) is 5.75 Å². The summed E-state index contributed by atoms with van der Waals surface area (Å²) in [5.41, 5.74) is 1.03. The Kier molecular flexibility index (Phi) is 6.65. The quantitative estimate of drug-likeness (QED) is 0.309. The van der Waals surface area contributed by atoms with Gasteiger partial charge in [-0.15, -0.1) is 0 Å². The standard InChI is InChI=1S/C19H14BrF2N3O4/c20-15-7-11(1-6-16(15)22)8-17(23-27)19-18(24-29-25-19)9-13(26)10-28-14-4-2-12(21)3-5-14/h1-7,27H,8-10H2. The van der Waals surface area contributed by atoms with Crippen LogP contribution in [0.5, 0.6) is 5.75 Å². The molecule has 7 nitrogen and oxygen atoms in total. The maximum atomic E-state index is 13.4. The second-order valence-electron chi connectivity index (χ2n) is 5.99. The van der Waals surface area contributed by atoms with Crippen LogP contribution in [-0.2, 0) is 17.6 Å². The average Bonchev–Trinajstić information content (AvgIpc) is 3.16. The number of hydrogen-bond acceptors (Lipinski definition) is 7. The van der Waals surface area contributed by atoms with Crippen molar-refractivity contribution in [2.45, 2.75) is 12.8 Å². The van der Waals surface area contributed by atoms with E-state index in [-0.39, 0.29) is 46.8 Å². The van der Waals surface area contributed by atoms with Gasteiger partial charge in [-0.25, -0.2) is 13.4 Å². The maximum absolute atomic E-state index is 13.4. The van der Waals surface area contributed by atoms with Crippen LogP contribution in [0.1, 0.15) is 17.0 Å². The van der Waals surface area contributed by atoms with Crippen LogP contribution in [-0.4, -0.2) is 33.6 Å². The normalized spacial score (nSPS) is 11.5. The first-order chi connectivity index (χ1) is 14.0. The molecule has 29 heavy (non-hydrogen) atoms. The zero-order valence-corrected chi connectivity index (χ0v) is 16.4. The number of ketones is 1. The van der Waals surface area contributed by atoms with Crippen LogP contribution in [0.15, 0.2) is 56.7 Å². The number of halogens is 3. The number of ether oxygens (including phenoxy) is 1. The van der Waals surface area contributed by atoms with Crippen molar-refractivity contribution in [2.24, 2.45) is 5.16 Å². The minimum Gasteiger partial charge on any atom is -0.486 e. The zero-order chi connectivity index (χ0) is 20.8. The molecule has 0 atom stereocenters. The lowest BCUT2D eigenvalue weighted by Crippen LogP contribution is -2.17. The first-order valence-corrected chi connectivity index (χ1v) is 9.12. The molecule has 0 fully saturated rings. The van der Waals surface area contributed by atoms with Crippen LogP contribution in [0, 0.1) is 11.6 Å². The van der Waals surface area contributed by atoms with E-state index < -0.39 is 11.6 Å². The summed E-state index contributed by atoms with van der Waals surface area (Å²) in [5.74, 6) is -0.830. The van der Waals surface area contributed by atoms with E-state index in [0.29, 0.717) is 11.3 Å². The summed E-state index contributed by atoms with van der Waals surface area (Å²) in [5, 5.41) is 20.0. The van der Waals surface area contributed by atoms with E-state index in [0.717, 1.165) is 0 Å². The molecular weight excluding hydrogens is 452 g/mol. The van der Waals surface area contributed by atoms with Crippen LogP contribution in [0.3, 0.4) is 0 Å². The van der Waals surface area contributed by atoms with E-state index >= 15 is 0 Å². The number of carbonyl (C=O) groups is 1. The number of benzene rings is 2. The molecule has 0 spiro atoms. The highest BCUT2D eigenvalue weighted by Gasteiger charge is 2.20. The SMILES string of the molecule is O=C(COc1ccc(F)cc1)Cc1nonc1C(Cc1ccc(F)c(Br)c1)=NO. The number of carbonyl (C=O) groups excluding carboxylic acids is 1. The van der Waals surface area contributed by atoms with Gasteiger partial charge in [0.15, 0.2) is 11.5 Å². The summed E-state index contributed by atoms with van der Waals surface area (Å²) >= 11 is 3.09. The van der Waals surface area contributed by atoms with Crippen molar-refractivity contribution >= 4 is 27.4 Å². The Morgan fingerprint density at radius 3 is 2.59 bits per heavy atom. The van der Waals surface area contributed by atoms with E-state index in [1.54, 1.807) is 0 Å². The van der Waals surface area contributed by atoms with E-state index in [2.05, 4.69) is 36.0 Å². The predicted molar refractivity (Wildman–Crippen MR) is 101 cm³/mol. The lowest BCUT2D eigenvalue weighted by atomic mass is 10.0. The fourth-order valence-electron chi connectivity index (χ4n) is 2.48. The fraction of sp³-hybridized carbons (Fsp3) is 0.158. The van der Waals surface area contributed by atoms with Gasteiger partial charge >= 0.3 is 0 Å². The smallest absolute Gasteiger partial charge is 0.176 e. The molecular formula is C19H14BrF2N3O4. The van der Waals surface area contributed by atoms with E-state index in [1.165, 1.54) is 42.5 Å². The van der Waals surface area contributed by atoms with E-state index in [1.807, 2.05) is 0 Å². The molecule has 10 heteroatoms. The summed E-state index contributed by atoms with van der Waals surface area (Å²) < 4.78 is 36.5. The first-order valence-electron chi connectivity index (χ1n) is 8.33. The first kappa shape index (κ1) is 20.6. The van der Waals surface area contributed by atoms with Crippen molar-refractivity contribution in [2.75, 3.05) is 6.61 Å². The van der Waals surface area contributed by atoms with Gasteiger partial charge in [-0.1, -0.05) is 16.4 Å². The van der Waals surface area contributed by atoms with Crippen molar-refractivity contribution in [3.05, 3.63) is 75.5 Å². The Morgan fingerprint density at radius 2 is 1.90 bits per heavy atom. The molecule has 1 aromatic heterocycles. The van der Waals surface area contributed by atoms with Crippen molar-refractivity contribution < 1.29 is 28.1 Å². The van der Waals surface area contributed by atoms with Gasteiger partial charge in [-0.05, 0) is 63.0 Å². The minimum atomic E-state index is -0.424. The van der Waals surface area contributed by atoms with Gasteiger partial charge in [0.2, 0.25) is 0 Å². The Bertz CT molecular complexity index is 1040. The molecule has 0 bridgehead atoms. The Morgan fingerprint density at radius 1 is 1.14 bits per heavy atom. The van der Waals surface area contributed by atoms with Gasteiger partial charge in [0.1, 0.15) is 35.4 Å². The topological polar surface area (TPSA) is 97.8 Å². The summed E-state index contributed by atoms with van der Waals surface area (Å²) in [6.45, 7) is -0.269. The van der Waals surface area contributed by atoms with Crippen LogP contribution in [0.4, 0.5) is 8.78 Å². The third-order valence-corrected chi connectivity index (χ3v) is 4.49. The molecule has 0 radical (unpaired) electrons. The number of aromatic nitrogens is 2. The Labute approximate surface area is 172 Å². The molecule has 0 amide bonds. The number of rotatable bonds is 8. The lowest BCUT2D eigenvalue weighted by Gasteiger charge is -2.06. The van der Waals surface area contributed by atoms with Gasteiger partial charge in [-0.2, -0.15) is 0 Å². The third-order valence-electron chi connectivity index (χ3n) is 3.88. The van der Waals surface area contributed by atoms with Crippen molar-refractivity contribution in [1.82, 2.24) is 10.3 Å². The molecule has 3 rings (SSSR count). The van der Waals surface area contributed by atoms with Crippen LogP contribution in [0.25, 0.3) is 0 Å². The molecule has 0 aliphatic heterocycles. The molecule has 150 valence electrons. The molecule has 0 unspecified atom stereocenters. The number of Topliss-reactive ketones (excluding diaryl/α,β-unsaturated/α-hetero) is 1. The molecule has 0 aliphatic carbocycles. The van der Waals surface area contributed by atoms with Gasteiger partial charge in [0.05, 0.1) is 10.9 Å². The highest BCUT2D eigenvalue weighted by atomic mass is 79.9. The molecule has 1 heterocycles. The lowest BCUT2D eigenvalue weighted by molar-refractivity contribution is -0.120. The minimum absolute atomic E-state index is 0.104. The summed E-state index contributed by atoms with van der Waals surface area (Å²) in [4.78, 5) is 12.2. The van der Waals surface area contributed by atoms with E-state index in [9.17, 15) is 18.8 Å². The maximum Gasteiger partial charge on any atom is 0.176 e. The van der Waals surface area contributed by atoms with Gasteiger partial charge in [0, 0.05) is 6.42 Å². The largest absolute Gasteiger partial charge is 0.486 e. The van der Waals surface area contributed by atoms with Crippen LogP contribution >= 0.6 is 15.9 Å². The molecule has 2 aromatic carbocycles. The highest BCUT2D eigenvalue weighted by molar-refractivity contribution is 9.10. The van der Waals surface area contributed by atoms with Crippen molar-refractivity contribution in [1.29, 1.82) is 0 Å². The fourth-order valence-corrected chi connectivity index (χ4v) is 2.91. The second-order valence-corrected chi connectivity index (χ2v) is 6.84. The van der Waals surface area contributed by atoms with Crippen molar-refractivity contribution in [3.63, 3.8) is 0 Å². The summed E-state index contributed by atoms with van der Waals surface area (Å²) in [6.07, 6.45) is -0.0664. The Hall–Kier alpha value is -3.14.